The van der Waals surface area contributed by atoms with Gasteiger partial charge in [-0.2, -0.15) is 0 Å². The molecule has 0 aromatic heterocycles. The standard InChI is InChI=1S/C17H17BrFNO/c1-17(2)9-21-14-7-6-10(8-11(14)17)16(20)15-12(18)4-3-5-13(15)19/h3-8,16H,9,20H2,1-2H3. The predicted octanol–water partition coefficient (Wildman–Crippen LogP) is 4.31. The van der Waals surface area contributed by atoms with Gasteiger partial charge in [-0.15, -0.1) is 0 Å². The third-order valence-corrected chi connectivity index (χ3v) is 4.68. The molecule has 0 saturated carbocycles. The first-order valence-electron chi connectivity index (χ1n) is 6.87. The van der Waals surface area contributed by atoms with Crippen molar-refractivity contribution >= 4 is 15.9 Å². The largest absolute Gasteiger partial charge is 0.492 e. The third kappa shape index (κ3) is 2.47. The van der Waals surface area contributed by atoms with Gasteiger partial charge in [0.25, 0.3) is 0 Å². The molecule has 1 unspecified atom stereocenters. The van der Waals surface area contributed by atoms with E-state index in [1.165, 1.54) is 6.07 Å². The molecule has 0 spiro atoms. The van der Waals surface area contributed by atoms with Gasteiger partial charge < -0.3 is 10.5 Å². The highest BCUT2D eigenvalue weighted by Crippen LogP contribution is 2.40. The smallest absolute Gasteiger partial charge is 0.129 e. The fourth-order valence-corrected chi connectivity index (χ4v) is 3.29. The van der Waals surface area contributed by atoms with Gasteiger partial charge in [0.15, 0.2) is 0 Å². The van der Waals surface area contributed by atoms with Crippen molar-refractivity contribution in [2.45, 2.75) is 25.3 Å². The van der Waals surface area contributed by atoms with Gasteiger partial charge in [-0.05, 0) is 29.8 Å². The lowest BCUT2D eigenvalue weighted by atomic mass is 9.85. The maximum absolute atomic E-state index is 14.1. The number of hydrogen-bond donors (Lipinski definition) is 1. The molecule has 3 rings (SSSR count). The van der Waals surface area contributed by atoms with Crippen molar-refractivity contribution in [3.05, 3.63) is 63.4 Å². The molecule has 2 nitrogen and oxygen atoms in total. The summed E-state index contributed by atoms with van der Waals surface area (Å²) in [6, 6.07) is 10.3. The van der Waals surface area contributed by atoms with Crippen LogP contribution in [0, 0.1) is 5.82 Å². The van der Waals surface area contributed by atoms with E-state index < -0.39 is 6.04 Å². The molecule has 0 bridgehead atoms. The number of benzene rings is 2. The van der Waals surface area contributed by atoms with Crippen LogP contribution >= 0.6 is 15.9 Å². The zero-order valence-corrected chi connectivity index (χ0v) is 13.6. The summed E-state index contributed by atoms with van der Waals surface area (Å²) in [4.78, 5) is 0. The Hall–Kier alpha value is -1.39. The molecule has 0 aliphatic carbocycles. The summed E-state index contributed by atoms with van der Waals surface area (Å²) in [7, 11) is 0. The summed E-state index contributed by atoms with van der Waals surface area (Å²) in [5.41, 5.74) is 8.74. The van der Waals surface area contributed by atoms with E-state index in [0.717, 1.165) is 16.9 Å². The highest BCUT2D eigenvalue weighted by atomic mass is 79.9. The van der Waals surface area contributed by atoms with Gasteiger partial charge >= 0.3 is 0 Å². The van der Waals surface area contributed by atoms with Crippen molar-refractivity contribution in [3.8, 4) is 5.75 Å². The van der Waals surface area contributed by atoms with Gasteiger partial charge in [0.05, 0.1) is 12.6 Å². The first-order chi connectivity index (χ1) is 9.90. The van der Waals surface area contributed by atoms with E-state index in [1.54, 1.807) is 12.1 Å². The minimum absolute atomic E-state index is 0.0441. The van der Waals surface area contributed by atoms with Crippen LogP contribution in [-0.4, -0.2) is 6.61 Å². The number of nitrogens with two attached hydrogens (primary N) is 1. The van der Waals surface area contributed by atoms with Crippen LogP contribution in [0.15, 0.2) is 40.9 Å². The molecule has 2 N–H and O–H groups in total. The SMILES string of the molecule is CC1(C)COc2ccc(C(N)c3c(F)cccc3Br)cc21. The van der Waals surface area contributed by atoms with Crippen LogP contribution in [0.3, 0.4) is 0 Å². The van der Waals surface area contributed by atoms with Crippen molar-refractivity contribution in [3.63, 3.8) is 0 Å². The molecule has 21 heavy (non-hydrogen) atoms. The first-order valence-corrected chi connectivity index (χ1v) is 7.66. The van der Waals surface area contributed by atoms with E-state index in [4.69, 9.17) is 10.5 Å². The Morgan fingerprint density at radius 3 is 2.76 bits per heavy atom. The van der Waals surface area contributed by atoms with E-state index in [9.17, 15) is 4.39 Å². The van der Waals surface area contributed by atoms with E-state index >= 15 is 0 Å². The highest BCUT2D eigenvalue weighted by Gasteiger charge is 2.32. The first kappa shape index (κ1) is 14.5. The summed E-state index contributed by atoms with van der Waals surface area (Å²) >= 11 is 3.39. The molecule has 0 amide bonds. The van der Waals surface area contributed by atoms with E-state index in [1.807, 2.05) is 18.2 Å². The van der Waals surface area contributed by atoms with Gasteiger partial charge in [0, 0.05) is 21.0 Å². The van der Waals surface area contributed by atoms with E-state index in [0.29, 0.717) is 16.6 Å². The van der Waals surface area contributed by atoms with Crippen molar-refractivity contribution in [1.29, 1.82) is 0 Å². The minimum atomic E-state index is -0.512. The molecule has 1 aliphatic heterocycles. The number of halogens is 2. The lowest BCUT2D eigenvalue weighted by Gasteiger charge is -2.19. The Balaban J connectivity index is 2.06. The average molecular weight is 350 g/mol. The number of fused-ring (bicyclic) bond motifs is 1. The van der Waals surface area contributed by atoms with Crippen LogP contribution < -0.4 is 10.5 Å². The number of hydrogen-bond acceptors (Lipinski definition) is 2. The minimum Gasteiger partial charge on any atom is -0.492 e. The van der Waals surface area contributed by atoms with Gasteiger partial charge in [0.2, 0.25) is 0 Å². The summed E-state index contributed by atoms with van der Waals surface area (Å²) < 4.78 is 20.4. The molecule has 1 aliphatic rings. The fourth-order valence-electron chi connectivity index (χ4n) is 2.71. The van der Waals surface area contributed by atoms with Crippen molar-refractivity contribution in [1.82, 2.24) is 0 Å². The van der Waals surface area contributed by atoms with Crippen molar-refractivity contribution in [2.24, 2.45) is 5.73 Å². The Morgan fingerprint density at radius 2 is 2.05 bits per heavy atom. The molecular formula is C17H17BrFNO. The molecule has 1 atom stereocenters. The lowest BCUT2D eigenvalue weighted by Crippen LogP contribution is -2.19. The van der Waals surface area contributed by atoms with Crippen LogP contribution in [0.2, 0.25) is 0 Å². The van der Waals surface area contributed by atoms with Gasteiger partial charge in [-0.1, -0.05) is 41.9 Å². The van der Waals surface area contributed by atoms with Gasteiger partial charge in [-0.25, -0.2) is 4.39 Å². The average Bonchev–Trinajstić information content (AvgIpc) is 2.74. The quantitative estimate of drug-likeness (QED) is 0.876. The topological polar surface area (TPSA) is 35.2 Å². The molecule has 0 radical (unpaired) electrons. The Labute approximate surface area is 132 Å². The lowest BCUT2D eigenvalue weighted by molar-refractivity contribution is 0.291. The zero-order chi connectivity index (χ0) is 15.2. The molecule has 0 saturated heterocycles. The maximum Gasteiger partial charge on any atom is 0.129 e. The van der Waals surface area contributed by atoms with Crippen LogP contribution in [0.25, 0.3) is 0 Å². The highest BCUT2D eigenvalue weighted by molar-refractivity contribution is 9.10. The Morgan fingerprint density at radius 1 is 1.29 bits per heavy atom. The summed E-state index contributed by atoms with van der Waals surface area (Å²) in [6.45, 7) is 4.92. The Kier molecular flexibility index (Phi) is 3.54. The monoisotopic (exact) mass is 349 g/mol. The second kappa shape index (κ2) is 5.11. The summed E-state index contributed by atoms with van der Waals surface area (Å²) in [5.74, 6) is 0.594. The van der Waals surface area contributed by atoms with E-state index in [2.05, 4.69) is 29.8 Å². The van der Waals surface area contributed by atoms with Crippen LogP contribution in [0.1, 0.15) is 36.6 Å². The maximum atomic E-state index is 14.1. The van der Waals surface area contributed by atoms with Crippen LogP contribution in [-0.2, 0) is 5.41 Å². The molecule has 0 fully saturated rings. The van der Waals surface area contributed by atoms with Crippen molar-refractivity contribution in [2.75, 3.05) is 6.61 Å². The third-order valence-electron chi connectivity index (χ3n) is 3.99. The Bertz CT molecular complexity index is 679. The normalized spacial score (nSPS) is 17.2. The molecule has 110 valence electrons. The zero-order valence-electron chi connectivity index (χ0n) is 12.0. The van der Waals surface area contributed by atoms with E-state index in [-0.39, 0.29) is 11.2 Å². The predicted molar refractivity (Wildman–Crippen MR) is 85.1 cm³/mol. The summed E-state index contributed by atoms with van der Waals surface area (Å²) in [6.07, 6.45) is 0. The van der Waals surface area contributed by atoms with Gasteiger partial charge in [-0.3, -0.25) is 0 Å². The fraction of sp³-hybridized carbons (Fsp3) is 0.294. The van der Waals surface area contributed by atoms with Crippen molar-refractivity contribution < 1.29 is 9.13 Å². The molecule has 2 aromatic rings. The second-order valence-electron chi connectivity index (χ2n) is 6.04. The number of ether oxygens (including phenoxy) is 1. The van der Waals surface area contributed by atoms with Gasteiger partial charge in [0.1, 0.15) is 11.6 Å². The molecule has 4 heteroatoms. The molecular weight excluding hydrogens is 333 g/mol. The van der Waals surface area contributed by atoms with Crippen LogP contribution in [0.4, 0.5) is 4.39 Å². The molecule has 1 heterocycles. The number of rotatable bonds is 2. The summed E-state index contributed by atoms with van der Waals surface area (Å²) in [5, 5.41) is 0. The van der Waals surface area contributed by atoms with Crippen LogP contribution in [0.5, 0.6) is 5.75 Å². The molecule has 2 aromatic carbocycles. The second-order valence-corrected chi connectivity index (χ2v) is 6.90.